The molecule has 0 fully saturated rings. The van der Waals surface area contributed by atoms with Gasteiger partial charge >= 0.3 is 0 Å². The average molecular weight is 433 g/mol. The van der Waals surface area contributed by atoms with Gasteiger partial charge in [0.25, 0.3) is 0 Å². The van der Waals surface area contributed by atoms with Crippen LogP contribution in [-0.4, -0.2) is 30.6 Å². The summed E-state index contributed by atoms with van der Waals surface area (Å²) in [5, 5.41) is 10.2. The Bertz CT molecular complexity index is 1240. The third-order valence-corrected chi connectivity index (χ3v) is 5.40. The first kappa shape index (κ1) is 20.7. The lowest BCUT2D eigenvalue weighted by Crippen LogP contribution is -2.32. The van der Waals surface area contributed by atoms with Crippen LogP contribution in [0.3, 0.4) is 0 Å². The molecule has 4 aromatic rings. The molecule has 0 spiro atoms. The highest BCUT2D eigenvalue weighted by Crippen LogP contribution is 2.21. The smallest absolute Gasteiger partial charge is 0.240 e. The molecule has 7 nitrogen and oxygen atoms in total. The molecule has 2 heterocycles. The highest BCUT2D eigenvalue weighted by Gasteiger charge is 2.18. The van der Waals surface area contributed by atoms with Crippen LogP contribution in [0.1, 0.15) is 30.8 Å². The molecule has 2 aromatic heterocycles. The van der Waals surface area contributed by atoms with Gasteiger partial charge in [0, 0.05) is 5.56 Å². The van der Waals surface area contributed by atoms with Crippen LogP contribution in [0.4, 0.5) is 0 Å². The Balaban J connectivity index is 1.51. The number of rotatable bonds is 7. The Hall–Kier alpha value is -3.52. The van der Waals surface area contributed by atoms with Gasteiger partial charge in [0.15, 0.2) is 10.6 Å². The molecule has 158 valence electrons. The standard InChI is InChI=1S/C23H24N6OS/c1-3-18(21-24-13-19(26-21)16-9-5-4-6-10-16)25-20(30)14-29-22(27-28-23(29)31)17-11-7-8-15(2)12-17/h4-13,18H,3,14H2,1-2H3,(H,24,26)(H,25,30)(H,28,31). The molecule has 1 unspecified atom stereocenters. The molecule has 4 rings (SSSR count). The number of nitrogens with one attached hydrogen (secondary N) is 3. The SMILES string of the molecule is CCC(NC(=O)Cn1c(-c2cccc(C)c2)n[nH]c1=S)c1ncc(-c2ccccc2)[nH]1. The minimum absolute atomic E-state index is 0.0708. The summed E-state index contributed by atoms with van der Waals surface area (Å²) in [4.78, 5) is 20.7. The van der Waals surface area contributed by atoms with Gasteiger partial charge in [0.05, 0.1) is 17.9 Å². The fourth-order valence-corrected chi connectivity index (χ4v) is 3.69. The summed E-state index contributed by atoms with van der Waals surface area (Å²) in [5.74, 6) is 1.21. The highest BCUT2D eigenvalue weighted by atomic mass is 32.1. The van der Waals surface area contributed by atoms with Gasteiger partial charge in [-0.1, -0.05) is 61.0 Å². The van der Waals surface area contributed by atoms with E-state index in [-0.39, 0.29) is 18.5 Å². The van der Waals surface area contributed by atoms with Crippen molar-refractivity contribution in [1.29, 1.82) is 0 Å². The van der Waals surface area contributed by atoms with Crippen molar-refractivity contribution in [2.75, 3.05) is 0 Å². The summed E-state index contributed by atoms with van der Waals surface area (Å²) in [6.45, 7) is 4.10. The molecular weight excluding hydrogens is 408 g/mol. The van der Waals surface area contributed by atoms with E-state index in [1.165, 1.54) is 0 Å². The van der Waals surface area contributed by atoms with Crippen LogP contribution in [-0.2, 0) is 11.3 Å². The summed E-state index contributed by atoms with van der Waals surface area (Å²) in [7, 11) is 0. The van der Waals surface area contributed by atoms with E-state index in [1.54, 1.807) is 10.8 Å². The second-order valence-corrected chi connectivity index (χ2v) is 7.77. The Labute approximate surface area is 185 Å². The van der Waals surface area contributed by atoms with E-state index in [9.17, 15) is 4.79 Å². The normalized spacial score (nSPS) is 11.9. The molecule has 0 bridgehead atoms. The minimum atomic E-state index is -0.228. The Morgan fingerprint density at radius 2 is 1.94 bits per heavy atom. The quantitative estimate of drug-likeness (QED) is 0.373. The van der Waals surface area contributed by atoms with Crippen LogP contribution in [0, 0.1) is 11.7 Å². The van der Waals surface area contributed by atoms with E-state index in [0.717, 1.165) is 28.2 Å². The maximum absolute atomic E-state index is 12.9. The van der Waals surface area contributed by atoms with Gasteiger partial charge < -0.3 is 10.3 Å². The number of hydrogen-bond acceptors (Lipinski definition) is 4. The molecule has 0 saturated carbocycles. The number of aromatic amines is 2. The number of carbonyl (C=O) groups excluding carboxylic acids is 1. The molecule has 8 heteroatoms. The first-order valence-electron chi connectivity index (χ1n) is 10.2. The predicted molar refractivity (Wildman–Crippen MR) is 123 cm³/mol. The van der Waals surface area contributed by atoms with E-state index < -0.39 is 0 Å². The lowest BCUT2D eigenvalue weighted by Gasteiger charge is -2.15. The van der Waals surface area contributed by atoms with Gasteiger partial charge in [-0.2, -0.15) is 5.10 Å². The van der Waals surface area contributed by atoms with Crippen molar-refractivity contribution in [2.24, 2.45) is 0 Å². The van der Waals surface area contributed by atoms with E-state index in [2.05, 4.69) is 25.5 Å². The summed E-state index contributed by atoms with van der Waals surface area (Å²) in [5.41, 5.74) is 3.99. The molecular formula is C23H24N6OS. The lowest BCUT2D eigenvalue weighted by atomic mass is 10.1. The number of carbonyl (C=O) groups is 1. The molecule has 0 aliphatic carbocycles. The Kier molecular flexibility index (Phi) is 6.08. The van der Waals surface area contributed by atoms with Gasteiger partial charge in [-0.05, 0) is 37.2 Å². The number of benzene rings is 2. The van der Waals surface area contributed by atoms with Crippen molar-refractivity contribution in [2.45, 2.75) is 32.9 Å². The van der Waals surface area contributed by atoms with Crippen molar-refractivity contribution in [3.05, 3.63) is 77.0 Å². The van der Waals surface area contributed by atoms with Gasteiger partial charge in [-0.15, -0.1) is 0 Å². The summed E-state index contributed by atoms with van der Waals surface area (Å²) >= 11 is 5.36. The molecule has 0 radical (unpaired) electrons. The zero-order chi connectivity index (χ0) is 21.8. The van der Waals surface area contributed by atoms with Gasteiger partial charge in [0.1, 0.15) is 12.4 Å². The van der Waals surface area contributed by atoms with Crippen molar-refractivity contribution in [3.63, 3.8) is 0 Å². The molecule has 3 N–H and O–H groups in total. The van der Waals surface area contributed by atoms with E-state index in [0.29, 0.717) is 17.0 Å². The summed E-state index contributed by atoms with van der Waals surface area (Å²) < 4.78 is 2.12. The number of hydrogen-bond donors (Lipinski definition) is 3. The zero-order valence-electron chi connectivity index (χ0n) is 17.4. The van der Waals surface area contributed by atoms with E-state index in [4.69, 9.17) is 12.2 Å². The minimum Gasteiger partial charge on any atom is -0.345 e. The van der Waals surface area contributed by atoms with Crippen LogP contribution in [0.2, 0.25) is 0 Å². The molecule has 31 heavy (non-hydrogen) atoms. The van der Waals surface area contributed by atoms with Crippen molar-refractivity contribution < 1.29 is 4.79 Å². The number of nitrogens with zero attached hydrogens (tertiary/aromatic N) is 3. The summed E-state index contributed by atoms with van der Waals surface area (Å²) in [6, 6.07) is 17.7. The monoisotopic (exact) mass is 432 g/mol. The second-order valence-electron chi connectivity index (χ2n) is 7.38. The Morgan fingerprint density at radius 1 is 1.16 bits per heavy atom. The van der Waals surface area contributed by atoms with Crippen LogP contribution in [0.15, 0.2) is 60.8 Å². The van der Waals surface area contributed by atoms with Gasteiger partial charge in [-0.3, -0.25) is 14.5 Å². The number of imidazole rings is 1. The topological polar surface area (TPSA) is 91.4 Å². The van der Waals surface area contributed by atoms with Crippen LogP contribution in [0.5, 0.6) is 0 Å². The lowest BCUT2D eigenvalue weighted by molar-refractivity contribution is -0.122. The third-order valence-electron chi connectivity index (χ3n) is 5.09. The van der Waals surface area contributed by atoms with Gasteiger partial charge in [0.2, 0.25) is 5.91 Å². The molecule has 1 amide bonds. The van der Waals surface area contributed by atoms with Gasteiger partial charge in [-0.25, -0.2) is 4.98 Å². The van der Waals surface area contributed by atoms with E-state index >= 15 is 0 Å². The first-order chi connectivity index (χ1) is 15.0. The molecule has 0 saturated heterocycles. The fraction of sp³-hybridized carbons (Fsp3) is 0.217. The number of aromatic nitrogens is 5. The number of amides is 1. The predicted octanol–water partition coefficient (Wildman–Crippen LogP) is 4.57. The molecule has 0 aliphatic heterocycles. The van der Waals surface area contributed by atoms with E-state index in [1.807, 2.05) is 68.4 Å². The maximum atomic E-state index is 12.9. The third kappa shape index (κ3) is 4.64. The maximum Gasteiger partial charge on any atom is 0.240 e. The van der Waals surface area contributed by atoms with Crippen molar-refractivity contribution in [1.82, 2.24) is 30.0 Å². The highest BCUT2D eigenvalue weighted by molar-refractivity contribution is 7.71. The van der Waals surface area contributed by atoms with Crippen molar-refractivity contribution in [3.8, 4) is 22.6 Å². The first-order valence-corrected chi connectivity index (χ1v) is 10.6. The number of aryl methyl sites for hydroxylation is 1. The summed E-state index contributed by atoms with van der Waals surface area (Å²) in [6.07, 6.45) is 2.50. The fourth-order valence-electron chi connectivity index (χ4n) is 3.49. The number of H-pyrrole nitrogens is 2. The molecule has 2 aromatic carbocycles. The van der Waals surface area contributed by atoms with Crippen LogP contribution in [0.25, 0.3) is 22.6 Å². The van der Waals surface area contributed by atoms with Crippen molar-refractivity contribution >= 4 is 18.1 Å². The van der Waals surface area contributed by atoms with Crippen LogP contribution < -0.4 is 5.32 Å². The zero-order valence-corrected chi connectivity index (χ0v) is 18.2. The largest absolute Gasteiger partial charge is 0.345 e. The molecule has 1 atom stereocenters. The average Bonchev–Trinajstić information content (AvgIpc) is 3.40. The molecule has 0 aliphatic rings. The second kappa shape index (κ2) is 9.09. The Morgan fingerprint density at radius 3 is 2.68 bits per heavy atom. The van der Waals surface area contributed by atoms with Crippen LogP contribution >= 0.6 is 12.2 Å².